The molecule has 1 unspecified atom stereocenters. The van der Waals surface area contributed by atoms with Gasteiger partial charge in [-0.1, -0.05) is 18.7 Å². The van der Waals surface area contributed by atoms with E-state index < -0.39 is 5.97 Å². The number of piperazine rings is 1. The molecule has 0 N–H and O–H groups in total. The molecule has 0 radical (unpaired) electrons. The number of aromatic nitrogens is 1. The van der Waals surface area contributed by atoms with Gasteiger partial charge in [0.05, 0.1) is 24.4 Å². The molecule has 0 saturated carbocycles. The fraction of sp³-hybridized carbons (Fsp3) is 0.450. The molecule has 0 bridgehead atoms. The molecule has 2 aromatic rings. The number of thioether (sulfide) groups is 1. The molecule has 6 nitrogen and oxygen atoms in total. The number of fused-ring (bicyclic) bond motifs is 1. The third-order valence-electron chi connectivity index (χ3n) is 4.95. The van der Waals surface area contributed by atoms with E-state index in [1.807, 2.05) is 11.8 Å². The van der Waals surface area contributed by atoms with Crippen LogP contribution in [0.25, 0.3) is 10.9 Å². The summed E-state index contributed by atoms with van der Waals surface area (Å²) in [5.74, 6) is -0.774. The topological polar surface area (TPSA) is 58.0 Å². The zero-order valence-electron chi connectivity index (χ0n) is 16.0. The molecule has 28 heavy (non-hydrogen) atoms. The molecule has 1 fully saturated rings. The van der Waals surface area contributed by atoms with Crippen LogP contribution in [-0.4, -0.2) is 65.6 Å². The van der Waals surface area contributed by atoms with E-state index >= 15 is 0 Å². The summed E-state index contributed by atoms with van der Waals surface area (Å²) in [6.45, 7) is 8.14. The molecular weight excluding hydrogens is 379 g/mol. The first-order valence-electron chi connectivity index (χ1n) is 9.53. The number of hydrogen-bond acceptors (Lipinski definition) is 7. The number of amidine groups is 1. The smallest absolute Gasteiger partial charge is 0.341 e. The van der Waals surface area contributed by atoms with E-state index in [2.05, 4.69) is 26.7 Å². The average molecular weight is 402 g/mol. The van der Waals surface area contributed by atoms with E-state index in [9.17, 15) is 9.18 Å². The van der Waals surface area contributed by atoms with Crippen LogP contribution in [0.1, 0.15) is 24.2 Å². The predicted octanol–water partition coefficient (Wildman–Crippen LogP) is 3.16. The average Bonchev–Trinajstić information content (AvgIpc) is 3.13. The molecule has 4 rings (SSSR count). The van der Waals surface area contributed by atoms with Gasteiger partial charge in [0.25, 0.3) is 0 Å². The Kier molecular flexibility index (Phi) is 5.39. The van der Waals surface area contributed by atoms with Crippen LogP contribution in [0.5, 0.6) is 0 Å². The van der Waals surface area contributed by atoms with Crippen molar-refractivity contribution in [3.63, 3.8) is 0 Å². The van der Waals surface area contributed by atoms with Gasteiger partial charge in [-0.05, 0) is 25.1 Å². The maximum Gasteiger partial charge on any atom is 0.341 e. The van der Waals surface area contributed by atoms with Crippen LogP contribution in [0, 0.1) is 5.82 Å². The number of halogens is 1. The third-order valence-corrected chi connectivity index (χ3v) is 6.10. The second kappa shape index (κ2) is 7.95. The minimum atomic E-state index is -0.428. The van der Waals surface area contributed by atoms with Gasteiger partial charge in [-0.2, -0.15) is 0 Å². The lowest BCUT2D eigenvalue weighted by molar-refractivity contribution is 0.0526. The summed E-state index contributed by atoms with van der Waals surface area (Å²) < 4.78 is 19.2. The maximum atomic E-state index is 14.0. The van der Waals surface area contributed by atoms with Crippen molar-refractivity contribution in [3.05, 3.63) is 35.8 Å². The number of nitrogens with zero attached hydrogens (tertiary/aromatic N) is 4. The summed E-state index contributed by atoms with van der Waals surface area (Å²) in [6.07, 6.45) is 1.54. The van der Waals surface area contributed by atoms with Gasteiger partial charge in [-0.25, -0.2) is 9.18 Å². The molecule has 1 saturated heterocycles. The van der Waals surface area contributed by atoms with E-state index in [0.29, 0.717) is 27.4 Å². The van der Waals surface area contributed by atoms with Gasteiger partial charge in [0.15, 0.2) is 5.17 Å². The molecule has 0 amide bonds. The van der Waals surface area contributed by atoms with Crippen molar-refractivity contribution in [2.45, 2.75) is 19.1 Å². The van der Waals surface area contributed by atoms with E-state index in [4.69, 9.17) is 4.74 Å². The van der Waals surface area contributed by atoms with Crippen molar-refractivity contribution in [1.82, 2.24) is 9.88 Å². The van der Waals surface area contributed by atoms with Crippen LogP contribution < -0.4 is 4.90 Å². The van der Waals surface area contributed by atoms with Crippen LogP contribution in [0.15, 0.2) is 29.4 Å². The zero-order valence-corrected chi connectivity index (χ0v) is 16.8. The van der Waals surface area contributed by atoms with E-state index in [-0.39, 0.29) is 12.4 Å². The van der Waals surface area contributed by atoms with Crippen LogP contribution in [0.4, 0.5) is 10.1 Å². The molecule has 148 valence electrons. The lowest BCUT2D eigenvalue weighted by Gasteiger charge is -2.38. The van der Waals surface area contributed by atoms with Crippen molar-refractivity contribution >= 4 is 39.5 Å². The van der Waals surface area contributed by atoms with Gasteiger partial charge < -0.3 is 14.5 Å². The van der Waals surface area contributed by atoms with Crippen LogP contribution in [0.2, 0.25) is 0 Å². The highest BCUT2D eigenvalue weighted by atomic mass is 32.2. The Morgan fingerprint density at radius 3 is 2.71 bits per heavy atom. The molecule has 0 spiro atoms. The maximum absolute atomic E-state index is 14.0. The Morgan fingerprint density at radius 1 is 1.29 bits per heavy atom. The number of benzene rings is 1. The first-order valence-corrected chi connectivity index (χ1v) is 10.4. The Bertz CT molecular complexity index is 928. The molecular formula is C20H23FN4O2S. The fourth-order valence-electron chi connectivity index (χ4n) is 3.61. The monoisotopic (exact) mass is 402 g/mol. The molecule has 2 aliphatic heterocycles. The fourth-order valence-corrected chi connectivity index (χ4v) is 4.60. The van der Waals surface area contributed by atoms with E-state index in [1.165, 1.54) is 12.1 Å². The standard InChI is InChI=1S/C20H23FN4O2S/c1-3-27-19(26)16-12-22-17-5-4-14(21)10-15(17)18(16)24-6-8-25(9-7-24)20-23-11-13(2)28-20/h4-5,10,12-13H,3,6-9,11H2,1-2H3. The number of rotatable bonds is 3. The van der Waals surface area contributed by atoms with Crippen LogP contribution >= 0.6 is 11.8 Å². The first-order chi connectivity index (χ1) is 13.6. The number of hydrogen-bond donors (Lipinski definition) is 0. The highest BCUT2D eigenvalue weighted by Crippen LogP contribution is 2.32. The number of esters is 1. The number of anilines is 1. The summed E-state index contributed by atoms with van der Waals surface area (Å²) >= 11 is 1.81. The number of carbonyl (C=O) groups excluding carboxylic acids is 1. The second-order valence-electron chi connectivity index (χ2n) is 6.93. The zero-order chi connectivity index (χ0) is 19.7. The Labute approximate surface area is 167 Å². The first kappa shape index (κ1) is 19.0. The highest BCUT2D eigenvalue weighted by Gasteiger charge is 2.28. The SMILES string of the molecule is CCOC(=O)c1cnc2ccc(F)cc2c1N1CCN(C2=NCC(C)S2)CC1. The third kappa shape index (κ3) is 3.65. The van der Waals surface area contributed by atoms with Crippen molar-refractivity contribution in [2.24, 2.45) is 4.99 Å². The molecule has 1 aromatic heterocycles. The lowest BCUT2D eigenvalue weighted by atomic mass is 10.1. The van der Waals surface area contributed by atoms with Crippen molar-refractivity contribution in [1.29, 1.82) is 0 Å². The molecule has 2 aliphatic rings. The largest absolute Gasteiger partial charge is 0.462 e. The van der Waals surface area contributed by atoms with Crippen molar-refractivity contribution in [2.75, 3.05) is 44.2 Å². The lowest BCUT2D eigenvalue weighted by Crippen LogP contribution is -2.48. The summed E-state index contributed by atoms with van der Waals surface area (Å²) in [5.41, 5.74) is 1.75. The van der Waals surface area contributed by atoms with Gasteiger partial charge in [-0.15, -0.1) is 0 Å². The van der Waals surface area contributed by atoms with Gasteiger partial charge in [0.2, 0.25) is 0 Å². The van der Waals surface area contributed by atoms with Crippen LogP contribution in [0.3, 0.4) is 0 Å². The number of aliphatic imine (C=N–C) groups is 1. The summed E-state index contributed by atoms with van der Waals surface area (Å²) in [7, 11) is 0. The van der Waals surface area contributed by atoms with E-state index in [1.54, 1.807) is 19.2 Å². The normalized spacial score (nSPS) is 19.8. The van der Waals surface area contributed by atoms with Gasteiger partial charge in [-0.3, -0.25) is 9.98 Å². The summed E-state index contributed by atoms with van der Waals surface area (Å²) in [4.78, 5) is 25.9. The molecule has 3 heterocycles. The predicted molar refractivity (Wildman–Crippen MR) is 111 cm³/mol. The van der Waals surface area contributed by atoms with Gasteiger partial charge in [0, 0.05) is 43.0 Å². The molecule has 1 atom stereocenters. The number of pyridine rings is 1. The molecule has 1 aromatic carbocycles. The van der Waals surface area contributed by atoms with Gasteiger partial charge >= 0.3 is 5.97 Å². The second-order valence-corrected chi connectivity index (χ2v) is 8.33. The quantitative estimate of drug-likeness (QED) is 0.735. The Morgan fingerprint density at radius 2 is 2.04 bits per heavy atom. The van der Waals surface area contributed by atoms with E-state index in [0.717, 1.165) is 37.9 Å². The molecule has 0 aliphatic carbocycles. The Balaban J connectivity index is 1.66. The number of ether oxygens (including phenoxy) is 1. The van der Waals surface area contributed by atoms with Crippen molar-refractivity contribution in [3.8, 4) is 0 Å². The minimum absolute atomic E-state index is 0.280. The highest BCUT2D eigenvalue weighted by molar-refractivity contribution is 8.14. The summed E-state index contributed by atoms with van der Waals surface area (Å²) in [5, 5.41) is 2.26. The Hall–Kier alpha value is -2.35. The summed E-state index contributed by atoms with van der Waals surface area (Å²) in [6, 6.07) is 4.48. The minimum Gasteiger partial charge on any atom is -0.462 e. The number of carbonyl (C=O) groups is 1. The van der Waals surface area contributed by atoms with Crippen LogP contribution in [-0.2, 0) is 4.74 Å². The van der Waals surface area contributed by atoms with Crippen molar-refractivity contribution < 1.29 is 13.9 Å². The molecule has 8 heteroatoms. The van der Waals surface area contributed by atoms with Gasteiger partial charge in [0.1, 0.15) is 11.4 Å².